The summed E-state index contributed by atoms with van der Waals surface area (Å²) in [5, 5.41) is 7.63. The van der Waals surface area contributed by atoms with Gasteiger partial charge in [-0.05, 0) is 19.1 Å². The molecule has 8 heteroatoms. The second kappa shape index (κ2) is 6.39. The van der Waals surface area contributed by atoms with Gasteiger partial charge in [-0.25, -0.2) is 0 Å². The van der Waals surface area contributed by atoms with Gasteiger partial charge in [-0.15, -0.1) is 0 Å². The van der Waals surface area contributed by atoms with Crippen molar-refractivity contribution >= 4 is 5.91 Å². The van der Waals surface area contributed by atoms with Crippen molar-refractivity contribution in [1.29, 1.82) is 0 Å². The van der Waals surface area contributed by atoms with Gasteiger partial charge in [0.25, 0.3) is 0 Å². The van der Waals surface area contributed by atoms with Gasteiger partial charge in [0.15, 0.2) is 0 Å². The topological polar surface area (TPSA) is 98.2 Å². The van der Waals surface area contributed by atoms with E-state index in [-0.39, 0.29) is 18.9 Å². The Morgan fingerprint density at radius 1 is 1.26 bits per heavy atom. The lowest BCUT2D eigenvalue weighted by Gasteiger charge is -2.13. The molecule has 0 aliphatic heterocycles. The van der Waals surface area contributed by atoms with E-state index >= 15 is 0 Å². The number of aromatic nitrogens is 4. The second-order valence-corrected chi connectivity index (χ2v) is 5.09. The van der Waals surface area contributed by atoms with E-state index in [1.54, 1.807) is 32.3 Å². The number of carbonyl (C=O) groups excluding carboxylic acids is 1. The first-order valence-corrected chi connectivity index (χ1v) is 7.02. The fourth-order valence-corrected chi connectivity index (χ4v) is 1.99. The van der Waals surface area contributed by atoms with E-state index < -0.39 is 0 Å². The Bertz CT molecular complexity index is 796. The molecule has 0 unspecified atom stereocenters. The SMILES string of the molecule is Cc1cc(CC(=O)N(C)Cc2nc(-c3ccccn3)no2)on1. The van der Waals surface area contributed by atoms with Crippen molar-refractivity contribution in [3.05, 3.63) is 47.8 Å². The molecule has 3 heterocycles. The number of nitrogens with zero attached hydrogens (tertiary/aromatic N) is 5. The minimum absolute atomic E-state index is 0.126. The number of hydrogen-bond acceptors (Lipinski definition) is 7. The van der Waals surface area contributed by atoms with Crippen LogP contribution in [-0.4, -0.2) is 38.1 Å². The van der Waals surface area contributed by atoms with E-state index in [2.05, 4.69) is 20.3 Å². The average Bonchev–Trinajstić information content (AvgIpc) is 3.17. The zero-order chi connectivity index (χ0) is 16.2. The number of aryl methyl sites for hydroxylation is 1. The molecule has 0 radical (unpaired) electrons. The Labute approximate surface area is 132 Å². The Balaban J connectivity index is 1.62. The van der Waals surface area contributed by atoms with Crippen LogP contribution in [0.15, 0.2) is 39.5 Å². The number of carbonyl (C=O) groups is 1. The van der Waals surface area contributed by atoms with Crippen LogP contribution in [0.4, 0.5) is 0 Å². The molecule has 1 amide bonds. The van der Waals surface area contributed by atoms with Crippen LogP contribution in [0.25, 0.3) is 11.5 Å². The summed E-state index contributed by atoms with van der Waals surface area (Å²) in [4.78, 5) is 22.0. The zero-order valence-corrected chi connectivity index (χ0v) is 12.8. The normalized spacial score (nSPS) is 10.7. The van der Waals surface area contributed by atoms with Crippen LogP contribution in [0.3, 0.4) is 0 Å². The molecule has 3 rings (SSSR count). The minimum Gasteiger partial charge on any atom is -0.361 e. The lowest BCUT2D eigenvalue weighted by Crippen LogP contribution is -2.27. The first kappa shape index (κ1) is 14.9. The Kier molecular flexibility index (Phi) is 4.13. The number of likely N-dealkylation sites (N-methyl/N-ethyl adjacent to an activating group) is 1. The molecule has 0 aliphatic rings. The van der Waals surface area contributed by atoms with Gasteiger partial charge in [0.2, 0.25) is 17.6 Å². The van der Waals surface area contributed by atoms with Gasteiger partial charge in [-0.3, -0.25) is 9.78 Å². The highest BCUT2D eigenvalue weighted by atomic mass is 16.5. The molecule has 0 saturated heterocycles. The Morgan fingerprint density at radius 3 is 2.83 bits per heavy atom. The fourth-order valence-electron chi connectivity index (χ4n) is 1.99. The molecule has 3 aromatic heterocycles. The number of rotatable bonds is 5. The van der Waals surface area contributed by atoms with Crippen LogP contribution in [0, 0.1) is 6.92 Å². The van der Waals surface area contributed by atoms with Gasteiger partial charge >= 0.3 is 0 Å². The van der Waals surface area contributed by atoms with Crippen LogP contribution >= 0.6 is 0 Å². The van der Waals surface area contributed by atoms with Crippen molar-refractivity contribution < 1.29 is 13.8 Å². The smallest absolute Gasteiger partial charge is 0.246 e. The minimum atomic E-state index is -0.126. The van der Waals surface area contributed by atoms with Crippen molar-refractivity contribution in [2.24, 2.45) is 0 Å². The van der Waals surface area contributed by atoms with Gasteiger partial charge in [-0.2, -0.15) is 4.98 Å². The van der Waals surface area contributed by atoms with Crippen LogP contribution in [0.5, 0.6) is 0 Å². The summed E-state index contributed by atoms with van der Waals surface area (Å²) in [7, 11) is 1.66. The highest BCUT2D eigenvalue weighted by Crippen LogP contribution is 2.13. The molecule has 0 bridgehead atoms. The van der Waals surface area contributed by atoms with Crippen molar-refractivity contribution in [3.8, 4) is 11.5 Å². The Hall–Kier alpha value is -3.03. The van der Waals surface area contributed by atoms with Crippen LogP contribution in [0.2, 0.25) is 0 Å². The van der Waals surface area contributed by atoms with Crippen molar-refractivity contribution in [2.45, 2.75) is 19.9 Å². The molecule has 0 spiro atoms. The van der Waals surface area contributed by atoms with Crippen molar-refractivity contribution in [3.63, 3.8) is 0 Å². The molecule has 0 saturated carbocycles. The molecular weight excluding hydrogens is 298 g/mol. The maximum atomic E-state index is 12.1. The summed E-state index contributed by atoms with van der Waals surface area (Å²) in [6, 6.07) is 7.17. The predicted molar refractivity (Wildman–Crippen MR) is 78.9 cm³/mol. The van der Waals surface area contributed by atoms with E-state index in [4.69, 9.17) is 9.05 Å². The van der Waals surface area contributed by atoms with Gasteiger partial charge in [0.05, 0.1) is 18.7 Å². The van der Waals surface area contributed by atoms with E-state index in [9.17, 15) is 4.79 Å². The summed E-state index contributed by atoms with van der Waals surface area (Å²) in [6.45, 7) is 2.02. The quantitative estimate of drug-likeness (QED) is 0.706. The van der Waals surface area contributed by atoms with E-state index in [0.717, 1.165) is 5.69 Å². The van der Waals surface area contributed by atoms with Gasteiger partial charge in [-0.1, -0.05) is 16.4 Å². The lowest BCUT2D eigenvalue weighted by atomic mass is 10.3. The Morgan fingerprint density at radius 2 is 2.13 bits per heavy atom. The van der Waals surface area contributed by atoms with Crippen LogP contribution in [-0.2, 0) is 17.8 Å². The van der Waals surface area contributed by atoms with Gasteiger partial charge < -0.3 is 13.9 Å². The second-order valence-electron chi connectivity index (χ2n) is 5.09. The molecular formula is C15H15N5O3. The van der Waals surface area contributed by atoms with Crippen LogP contribution in [0.1, 0.15) is 17.3 Å². The van der Waals surface area contributed by atoms with Gasteiger partial charge in [0, 0.05) is 19.3 Å². The molecule has 0 fully saturated rings. The maximum absolute atomic E-state index is 12.1. The third-order valence-corrected chi connectivity index (χ3v) is 3.16. The average molecular weight is 313 g/mol. The molecule has 118 valence electrons. The molecule has 0 aromatic carbocycles. The highest BCUT2D eigenvalue weighted by Gasteiger charge is 2.17. The monoisotopic (exact) mass is 313 g/mol. The van der Waals surface area contributed by atoms with Crippen LogP contribution < -0.4 is 0 Å². The molecule has 0 aliphatic carbocycles. The van der Waals surface area contributed by atoms with E-state index in [1.807, 2.05) is 12.1 Å². The zero-order valence-electron chi connectivity index (χ0n) is 12.8. The highest BCUT2D eigenvalue weighted by molar-refractivity contribution is 5.77. The number of pyridine rings is 1. The standard InChI is InChI=1S/C15H15N5O3/c1-10-7-11(22-18-10)8-14(21)20(2)9-13-17-15(19-23-13)12-5-3-4-6-16-12/h3-7H,8-9H2,1-2H3. The molecule has 0 atom stereocenters. The molecule has 8 nitrogen and oxygen atoms in total. The van der Waals surface area contributed by atoms with Crippen molar-refractivity contribution in [2.75, 3.05) is 7.05 Å². The lowest BCUT2D eigenvalue weighted by molar-refractivity contribution is -0.130. The van der Waals surface area contributed by atoms with Gasteiger partial charge in [0.1, 0.15) is 11.5 Å². The van der Waals surface area contributed by atoms with E-state index in [0.29, 0.717) is 23.2 Å². The first-order valence-electron chi connectivity index (χ1n) is 7.02. The summed E-state index contributed by atoms with van der Waals surface area (Å²) >= 11 is 0. The summed E-state index contributed by atoms with van der Waals surface area (Å²) in [5.74, 6) is 1.14. The predicted octanol–water partition coefficient (Wildman–Crippen LogP) is 1.63. The molecule has 3 aromatic rings. The summed E-state index contributed by atoms with van der Waals surface area (Å²) < 4.78 is 10.2. The molecule has 23 heavy (non-hydrogen) atoms. The third-order valence-electron chi connectivity index (χ3n) is 3.16. The maximum Gasteiger partial charge on any atom is 0.246 e. The van der Waals surface area contributed by atoms with Crippen molar-refractivity contribution in [1.82, 2.24) is 25.2 Å². The summed E-state index contributed by atoms with van der Waals surface area (Å²) in [5.41, 5.74) is 1.36. The fraction of sp³-hybridized carbons (Fsp3) is 0.267. The van der Waals surface area contributed by atoms with E-state index in [1.165, 1.54) is 4.90 Å². The third kappa shape index (κ3) is 3.60. The summed E-state index contributed by atoms with van der Waals surface area (Å²) in [6.07, 6.45) is 1.79. The largest absolute Gasteiger partial charge is 0.361 e. The number of hydrogen-bond donors (Lipinski definition) is 0. The number of amides is 1. The molecule has 0 N–H and O–H groups in total. The first-order chi connectivity index (χ1) is 11.1.